The van der Waals surface area contributed by atoms with Crippen LogP contribution in [0.25, 0.3) is 0 Å². The molecular formula is C20H22N2O3. The highest BCUT2D eigenvalue weighted by Gasteiger charge is 2.38. The molecule has 5 nitrogen and oxygen atoms in total. The van der Waals surface area contributed by atoms with Crippen LogP contribution in [0.1, 0.15) is 24.0 Å². The summed E-state index contributed by atoms with van der Waals surface area (Å²) in [5.74, 6) is 0.873. The third-order valence-corrected chi connectivity index (χ3v) is 5.33. The highest BCUT2D eigenvalue weighted by atomic mass is 16.5. The quantitative estimate of drug-likeness (QED) is 0.911. The van der Waals surface area contributed by atoms with Gasteiger partial charge in [-0.25, -0.2) is 0 Å². The Morgan fingerprint density at radius 1 is 1.20 bits per heavy atom. The lowest BCUT2D eigenvalue weighted by molar-refractivity contribution is -0.141. The molecule has 2 aromatic rings. The molecule has 1 aromatic heterocycles. The Balaban J connectivity index is 1.41. The van der Waals surface area contributed by atoms with Crippen LogP contribution < -0.4 is 4.74 Å². The maximum atomic E-state index is 12.9. The second kappa shape index (κ2) is 6.48. The minimum absolute atomic E-state index is 0.128. The zero-order valence-corrected chi connectivity index (χ0v) is 14.1. The van der Waals surface area contributed by atoms with Crippen molar-refractivity contribution >= 4 is 5.91 Å². The van der Waals surface area contributed by atoms with Gasteiger partial charge >= 0.3 is 0 Å². The first kappa shape index (κ1) is 16.1. The van der Waals surface area contributed by atoms with Crippen molar-refractivity contribution in [1.82, 2.24) is 9.88 Å². The van der Waals surface area contributed by atoms with Crippen LogP contribution in [0.3, 0.4) is 0 Å². The van der Waals surface area contributed by atoms with Gasteiger partial charge in [0, 0.05) is 31.0 Å². The van der Waals surface area contributed by atoms with E-state index in [0.717, 1.165) is 23.3 Å². The Kier molecular flexibility index (Phi) is 4.17. The summed E-state index contributed by atoms with van der Waals surface area (Å²) in [7, 11) is 0. The molecule has 3 heterocycles. The Bertz CT molecular complexity index is 755. The number of piperidine rings is 1. The first-order chi connectivity index (χ1) is 12.2. The summed E-state index contributed by atoms with van der Waals surface area (Å²) in [6.07, 6.45) is 5.21. The molecule has 2 aliphatic heterocycles. The monoisotopic (exact) mass is 338 g/mol. The lowest BCUT2D eigenvalue weighted by Crippen LogP contribution is -2.48. The standard InChI is InChI=1S/C20H22N2O3/c23-19(16-12-15-4-1-2-6-18(15)25-14-16)22-10-7-20(24,8-11-22)17-5-3-9-21-13-17/h1-6,9,13,16,24H,7-8,10-12,14H2/t16-/m0/s1. The predicted molar refractivity (Wildman–Crippen MR) is 93.1 cm³/mol. The molecule has 0 bridgehead atoms. The number of hydrogen-bond donors (Lipinski definition) is 1. The van der Waals surface area contributed by atoms with Crippen molar-refractivity contribution < 1.29 is 14.6 Å². The molecule has 130 valence electrons. The molecule has 1 aromatic carbocycles. The van der Waals surface area contributed by atoms with Crippen molar-refractivity contribution in [2.75, 3.05) is 19.7 Å². The molecule has 0 spiro atoms. The summed E-state index contributed by atoms with van der Waals surface area (Å²) < 4.78 is 5.75. The molecule has 1 atom stereocenters. The van der Waals surface area contributed by atoms with Gasteiger partial charge in [-0.05, 0) is 37.0 Å². The molecule has 0 radical (unpaired) electrons. The van der Waals surface area contributed by atoms with E-state index in [1.54, 1.807) is 12.4 Å². The van der Waals surface area contributed by atoms with Gasteiger partial charge in [-0.15, -0.1) is 0 Å². The number of rotatable bonds is 2. The van der Waals surface area contributed by atoms with E-state index in [0.29, 0.717) is 32.5 Å². The Hall–Kier alpha value is -2.40. The number of amides is 1. The number of aromatic nitrogens is 1. The highest BCUT2D eigenvalue weighted by Crippen LogP contribution is 2.34. The molecule has 25 heavy (non-hydrogen) atoms. The van der Waals surface area contributed by atoms with Crippen LogP contribution in [0.2, 0.25) is 0 Å². The zero-order valence-electron chi connectivity index (χ0n) is 14.1. The van der Waals surface area contributed by atoms with Crippen molar-refractivity contribution in [1.29, 1.82) is 0 Å². The number of pyridine rings is 1. The summed E-state index contributed by atoms with van der Waals surface area (Å²) in [5, 5.41) is 10.9. The third-order valence-electron chi connectivity index (χ3n) is 5.33. The summed E-state index contributed by atoms with van der Waals surface area (Å²) in [5.41, 5.74) is 1.04. The molecule has 4 rings (SSSR count). The van der Waals surface area contributed by atoms with Gasteiger partial charge in [0.05, 0.1) is 11.5 Å². The van der Waals surface area contributed by atoms with Gasteiger partial charge in [-0.1, -0.05) is 24.3 Å². The van der Waals surface area contributed by atoms with Gasteiger partial charge in [-0.3, -0.25) is 9.78 Å². The van der Waals surface area contributed by atoms with E-state index in [1.807, 2.05) is 41.3 Å². The van der Waals surface area contributed by atoms with Crippen LogP contribution in [0.4, 0.5) is 0 Å². The first-order valence-corrected chi connectivity index (χ1v) is 8.78. The smallest absolute Gasteiger partial charge is 0.229 e. The SMILES string of the molecule is O=C([C@@H]1COc2ccccc2C1)N1CCC(O)(c2cccnc2)CC1. The fourth-order valence-electron chi connectivity index (χ4n) is 3.77. The summed E-state index contributed by atoms with van der Waals surface area (Å²) in [4.78, 5) is 18.8. The number of aliphatic hydroxyl groups is 1. The third kappa shape index (κ3) is 3.12. The van der Waals surface area contributed by atoms with E-state index in [9.17, 15) is 9.90 Å². The lowest BCUT2D eigenvalue weighted by atomic mass is 9.84. The number of likely N-dealkylation sites (tertiary alicyclic amines) is 1. The second-order valence-electron chi connectivity index (χ2n) is 6.92. The molecule has 0 aliphatic carbocycles. The Morgan fingerprint density at radius 3 is 2.76 bits per heavy atom. The number of fused-ring (bicyclic) bond motifs is 1. The van der Waals surface area contributed by atoms with Gasteiger partial charge in [0.25, 0.3) is 0 Å². The first-order valence-electron chi connectivity index (χ1n) is 8.78. The number of para-hydroxylation sites is 1. The van der Waals surface area contributed by atoms with Crippen molar-refractivity contribution in [3.63, 3.8) is 0 Å². The van der Waals surface area contributed by atoms with Crippen LogP contribution in [0.5, 0.6) is 5.75 Å². The number of hydrogen-bond acceptors (Lipinski definition) is 4. The molecule has 1 amide bonds. The molecule has 0 saturated carbocycles. The number of ether oxygens (including phenoxy) is 1. The van der Waals surface area contributed by atoms with E-state index in [2.05, 4.69) is 4.98 Å². The van der Waals surface area contributed by atoms with E-state index in [-0.39, 0.29) is 11.8 Å². The number of nitrogens with zero attached hydrogens (tertiary/aromatic N) is 2. The summed E-state index contributed by atoms with van der Waals surface area (Å²) in [6.45, 7) is 1.55. The van der Waals surface area contributed by atoms with Crippen LogP contribution in [0, 0.1) is 5.92 Å². The van der Waals surface area contributed by atoms with E-state index in [1.165, 1.54) is 0 Å². The second-order valence-corrected chi connectivity index (χ2v) is 6.92. The largest absolute Gasteiger partial charge is 0.492 e. The minimum atomic E-state index is -0.888. The number of benzene rings is 1. The normalized spacial score (nSPS) is 22.0. The fraction of sp³-hybridized carbons (Fsp3) is 0.400. The lowest BCUT2D eigenvalue weighted by Gasteiger charge is -2.40. The maximum absolute atomic E-state index is 12.9. The summed E-state index contributed by atoms with van der Waals surface area (Å²) >= 11 is 0. The topological polar surface area (TPSA) is 62.7 Å². The van der Waals surface area contributed by atoms with Crippen LogP contribution >= 0.6 is 0 Å². The molecule has 0 unspecified atom stereocenters. The van der Waals surface area contributed by atoms with E-state index in [4.69, 9.17) is 4.74 Å². The van der Waals surface area contributed by atoms with Crippen LogP contribution in [0.15, 0.2) is 48.8 Å². The van der Waals surface area contributed by atoms with Gasteiger partial charge in [0.1, 0.15) is 12.4 Å². The predicted octanol–water partition coefficient (Wildman–Crippen LogP) is 2.14. The van der Waals surface area contributed by atoms with Crippen molar-refractivity contribution in [3.8, 4) is 5.75 Å². The highest BCUT2D eigenvalue weighted by molar-refractivity contribution is 5.80. The van der Waals surface area contributed by atoms with Gasteiger partial charge in [0.2, 0.25) is 5.91 Å². The Labute approximate surface area is 147 Å². The molecule has 5 heteroatoms. The van der Waals surface area contributed by atoms with Crippen molar-refractivity contribution in [2.45, 2.75) is 24.9 Å². The number of carbonyl (C=O) groups is 1. The minimum Gasteiger partial charge on any atom is -0.492 e. The average molecular weight is 338 g/mol. The molecule has 1 N–H and O–H groups in total. The van der Waals surface area contributed by atoms with Crippen LogP contribution in [-0.2, 0) is 16.8 Å². The molecular weight excluding hydrogens is 316 g/mol. The molecule has 1 fully saturated rings. The van der Waals surface area contributed by atoms with Crippen molar-refractivity contribution in [2.24, 2.45) is 5.92 Å². The number of carbonyl (C=O) groups excluding carboxylic acids is 1. The van der Waals surface area contributed by atoms with Gasteiger partial charge < -0.3 is 14.7 Å². The fourth-order valence-corrected chi connectivity index (χ4v) is 3.77. The van der Waals surface area contributed by atoms with E-state index < -0.39 is 5.60 Å². The van der Waals surface area contributed by atoms with E-state index >= 15 is 0 Å². The van der Waals surface area contributed by atoms with Gasteiger partial charge in [0.15, 0.2) is 0 Å². The zero-order chi connectivity index (χ0) is 17.3. The summed E-state index contributed by atoms with van der Waals surface area (Å²) in [6, 6.07) is 11.6. The Morgan fingerprint density at radius 2 is 2.00 bits per heavy atom. The van der Waals surface area contributed by atoms with Crippen molar-refractivity contribution in [3.05, 3.63) is 59.9 Å². The van der Waals surface area contributed by atoms with Gasteiger partial charge in [-0.2, -0.15) is 0 Å². The molecule has 1 saturated heterocycles. The average Bonchev–Trinajstić information content (AvgIpc) is 2.68. The maximum Gasteiger partial charge on any atom is 0.229 e. The van der Waals surface area contributed by atoms with Crippen LogP contribution in [-0.4, -0.2) is 40.6 Å². The molecule has 2 aliphatic rings.